The van der Waals surface area contributed by atoms with E-state index in [-0.39, 0.29) is 11.7 Å². The number of amidine groups is 1. The van der Waals surface area contributed by atoms with E-state index in [1.165, 1.54) is 0 Å². The molecule has 0 aliphatic carbocycles. The van der Waals surface area contributed by atoms with E-state index >= 15 is 0 Å². The van der Waals surface area contributed by atoms with E-state index in [4.69, 9.17) is 10.9 Å². The summed E-state index contributed by atoms with van der Waals surface area (Å²) in [5.41, 5.74) is 5.46. The number of carbonyl (C=O) groups excluding carboxylic acids is 1. The third-order valence-electron chi connectivity index (χ3n) is 3.33. The molecule has 0 atom stereocenters. The van der Waals surface area contributed by atoms with Crippen LogP contribution in [0.3, 0.4) is 0 Å². The molecule has 0 radical (unpaired) electrons. The number of oxime groups is 1. The summed E-state index contributed by atoms with van der Waals surface area (Å²) in [7, 11) is 0. The van der Waals surface area contributed by atoms with E-state index in [0.717, 1.165) is 8.04 Å². The Hall–Kier alpha value is -0.830. The molecule has 7 heteroatoms. The van der Waals surface area contributed by atoms with Crippen molar-refractivity contribution in [3.63, 3.8) is 0 Å². The predicted molar refractivity (Wildman–Crippen MR) is 91.0 cm³/mol. The van der Waals surface area contributed by atoms with Gasteiger partial charge in [-0.05, 0) is 53.6 Å². The molecule has 0 aromatic heterocycles. The third kappa shape index (κ3) is 3.63. The summed E-state index contributed by atoms with van der Waals surface area (Å²) >= 11 is 5.45. The Balaban J connectivity index is 3.12. The van der Waals surface area contributed by atoms with Crippen LogP contribution in [0.2, 0.25) is 0 Å². The molecule has 0 saturated heterocycles. The van der Waals surface area contributed by atoms with Crippen molar-refractivity contribution in [2.24, 2.45) is 10.9 Å². The lowest BCUT2D eigenvalue weighted by molar-refractivity contribution is 0.0917. The highest BCUT2D eigenvalue weighted by Gasteiger charge is 2.33. The molecule has 0 spiro atoms. The normalized spacial score (nSPS) is 12.3. The van der Waals surface area contributed by atoms with Crippen LogP contribution in [0.5, 0.6) is 0 Å². The number of nitrogens with two attached hydrogens (primary N) is 1. The molecular formula is C13H17BrIN3O2. The van der Waals surface area contributed by atoms with Crippen molar-refractivity contribution in [3.05, 3.63) is 31.8 Å². The highest BCUT2D eigenvalue weighted by Crippen LogP contribution is 2.21. The van der Waals surface area contributed by atoms with Gasteiger partial charge >= 0.3 is 0 Å². The second-order valence-electron chi connectivity index (χ2n) is 4.35. The molecule has 5 nitrogen and oxygen atoms in total. The van der Waals surface area contributed by atoms with Gasteiger partial charge in [0.2, 0.25) is 0 Å². The Morgan fingerprint density at radius 1 is 1.50 bits per heavy atom. The molecule has 0 heterocycles. The fourth-order valence-corrected chi connectivity index (χ4v) is 2.85. The zero-order valence-electron chi connectivity index (χ0n) is 11.3. The Bertz CT molecular complexity index is 530. The topological polar surface area (TPSA) is 87.7 Å². The largest absolute Gasteiger partial charge is 0.409 e. The van der Waals surface area contributed by atoms with Gasteiger partial charge in [-0.3, -0.25) is 4.79 Å². The molecular weight excluding hydrogens is 437 g/mol. The molecule has 0 saturated carbocycles. The summed E-state index contributed by atoms with van der Waals surface area (Å²) in [5.74, 6) is -0.230. The standard InChI is InChI=1S/C13H17BrIN3O2/c1-3-13(4-2,12(16)18-20)17-11(19)9-7-8(14)5-6-10(9)15/h5-7,20H,3-4H2,1-2H3,(H2,16,18)(H,17,19). The molecule has 20 heavy (non-hydrogen) atoms. The van der Waals surface area contributed by atoms with Crippen molar-refractivity contribution >= 4 is 50.3 Å². The van der Waals surface area contributed by atoms with Crippen LogP contribution < -0.4 is 11.1 Å². The first kappa shape index (κ1) is 17.2. The smallest absolute Gasteiger partial charge is 0.253 e. The maximum atomic E-state index is 12.4. The summed E-state index contributed by atoms with van der Waals surface area (Å²) in [6.07, 6.45) is 1.07. The van der Waals surface area contributed by atoms with Crippen LogP contribution in [-0.2, 0) is 0 Å². The number of nitrogens with one attached hydrogen (secondary N) is 1. The number of halogens is 2. The fourth-order valence-electron chi connectivity index (χ4n) is 1.90. The lowest BCUT2D eigenvalue weighted by Crippen LogP contribution is -2.57. The number of nitrogens with zero attached hydrogens (tertiary/aromatic N) is 1. The van der Waals surface area contributed by atoms with Gasteiger partial charge < -0.3 is 16.3 Å². The van der Waals surface area contributed by atoms with Gasteiger partial charge in [-0.2, -0.15) is 0 Å². The van der Waals surface area contributed by atoms with E-state index in [1.54, 1.807) is 6.07 Å². The van der Waals surface area contributed by atoms with Gasteiger partial charge in [-0.1, -0.05) is 34.9 Å². The average molecular weight is 454 g/mol. The molecule has 1 amide bonds. The van der Waals surface area contributed by atoms with Crippen LogP contribution in [-0.4, -0.2) is 22.5 Å². The summed E-state index contributed by atoms with van der Waals surface area (Å²) in [4.78, 5) is 12.4. The number of benzene rings is 1. The van der Waals surface area contributed by atoms with E-state index in [1.807, 2.05) is 26.0 Å². The highest BCUT2D eigenvalue weighted by molar-refractivity contribution is 14.1. The molecule has 1 aromatic rings. The first-order valence-corrected chi connectivity index (χ1v) is 8.03. The Labute approximate surface area is 140 Å². The zero-order valence-corrected chi connectivity index (χ0v) is 15.0. The summed E-state index contributed by atoms with van der Waals surface area (Å²) in [6.45, 7) is 3.77. The molecule has 0 fully saturated rings. The monoisotopic (exact) mass is 453 g/mol. The molecule has 1 aromatic carbocycles. The van der Waals surface area contributed by atoms with Crippen LogP contribution in [0.15, 0.2) is 27.8 Å². The van der Waals surface area contributed by atoms with E-state index in [2.05, 4.69) is 49.0 Å². The molecule has 0 aliphatic rings. The fraction of sp³-hybridized carbons (Fsp3) is 0.385. The zero-order chi connectivity index (χ0) is 15.3. The minimum atomic E-state index is -0.836. The lowest BCUT2D eigenvalue weighted by Gasteiger charge is -2.31. The molecule has 1 rings (SSSR count). The average Bonchev–Trinajstić information content (AvgIpc) is 2.46. The Kier molecular flexibility index (Phi) is 6.25. The van der Waals surface area contributed by atoms with E-state index in [0.29, 0.717) is 18.4 Å². The van der Waals surface area contributed by atoms with E-state index < -0.39 is 5.54 Å². The van der Waals surface area contributed by atoms with Crippen molar-refractivity contribution < 1.29 is 10.0 Å². The van der Waals surface area contributed by atoms with Gasteiger partial charge in [0, 0.05) is 8.04 Å². The number of carbonyl (C=O) groups is 1. The highest BCUT2D eigenvalue weighted by atomic mass is 127. The second kappa shape index (κ2) is 7.26. The number of hydrogen-bond donors (Lipinski definition) is 3. The summed E-state index contributed by atoms with van der Waals surface area (Å²) < 4.78 is 1.66. The van der Waals surface area contributed by atoms with Gasteiger partial charge in [-0.25, -0.2) is 0 Å². The van der Waals surface area contributed by atoms with Crippen LogP contribution >= 0.6 is 38.5 Å². The quantitative estimate of drug-likeness (QED) is 0.210. The van der Waals surface area contributed by atoms with Crippen molar-refractivity contribution in [2.75, 3.05) is 0 Å². The minimum absolute atomic E-state index is 0.0147. The summed E-state index contributed by atoms with van der Waals surface area (Å²) in [5, 5.41) is 14.9. The number of amides is 1. The third-order valence-corrected chi connectivity index (χ3v) is 4.76. The Morgan fingerprint density at radius 2 is 2.10 bits per heavy atom. The van der Waals surface area contributed by atoms with Crippen molar-refractivity contribution in [1.82, 2.24) is 5.32 Å². The molecule has 110 valence electrons. The first-order valence-electron chi connectivity index (χ1n) is 6.15. The maximum absolute atomic E-state index is 12.4. The van der Waals surface area contributed by atoms with Crippen LogP contribution in [0.25, 0.3) is 0 Å². The van der Waals surface area contributed by atoms with E-state index in [9.17, 15) is 4.79 Å². The van der Waals surface area contributed by atoms with Crippen molar-refractivity contribution in [3.8, 4) is 0 Å². The van der Waals surface area contributed by atoms with Gasteiger partial charge in [0.15, 0.2) is 5.84 Å². The maximum Gasteiger partial charge on any atom is 0.253 e. The van der Waals surface area contributed by atoms with Crippen molar-refractivity contribution in [1.29, 1.82) is 0 Å². The van der Waals surface area contributed by atoms with Gasteiger partial charge in [0.05, 0.1) is 5.56 Å². The van der Waals surface area contributed by atoms with Gasteiger partial charge in [-0.15, -0.1) is 0 Å². The van der Waals surface area contributed by atoms with Crippen molar-refractivity contribution in [2.45, 2.75) is 32.2 Å². The number of hydrogen-bond acceptors (Lipinski definition) is 3. The first-order chi connectivity index (χ1) is 9.40. The van der Waals surface area contributed by atoms with Crippen LogP contribution in [0.1, 0.15) is 37.0 Å². The van der Waals surface area contributed by atoms with Gasteiger partial charge in [0.25, 0.3) is 5.91 Å². The molecule has 0 aliphatic heterocycles. The number of rotatable bonds is 5. The SMILES string of the molecule is CCC(CC)(NC(=O)c1cc(Br)ccc1I)/C(N)=N/O. The summed E-state index contributed by atoms with van der Waals surface area (Å²) in [6, 6.07) is 5.47. The lowest BCUT2D eigenvalue weighted by atomic mass is 9.91. The molecule has 0 unspecified atom stereocenters. The minimum Gasteiger partial charge on any atom is -0.409 e. The van der Waals surface area contributed by atoms with Crippen LogP contribution in [0.4, 0.5) is 0 Å². The van der Waals surface area contributed by atoms with Gasteiger partial charge in [0.1, 0.15) is 5.54 Å². The molecule has 4 N–H and O–H groups in total. The molecule has 0 bridgehead atoms. The van der Waals surface area contributed by atoms with Crippen LogP contribution in [0, 0.1) is 3.57 Å². The predicted octanol–water partition coefficient (Wildman–Crippen LogP) is 3.09. The Morgan fingerprint density at radius 3 is 2.60 bits per heavy atom. The second-order valence-corrected chi connectivity index (χ2v) is 6.43.